The number of rotatable bonds is 7. The molecule has 3 N–H and O–H groups in total. The van der Waals surface area contributed by atoms with Gasteiger partial charge < -0.3 is 20.5 Å². The SMILES string of the molecule is CCc1c(-c2csc(N3CCNC[C@@H]3C(=O)NCCC(F)(F)F)n2)[nH]c(C)c1C(C)=O. The number of hydrogen-bond acceptors (Lipinski definition) is 6. The largest absolute Gasteiger partial charge is 0.390 e. The second kappa shape index (κ2) is 9.39. The molecular formula is C20H26F3N5O2S. The van der Waals surface area contributed by atoms with Crippen LogP contribution in [0.1, 0.15) is 41.9 Å². The Labute approximate surface area is 182 Å². The molecule has 11 heteroatoms. The first-order valence-electron chi connectivity index (χ1n) is 10.1. The van der Waals surface area contributed by atoms with Crippen LogP contribution in [0.2, 0.25) is 0 Å². The Morgan fingerprint density at radius 1 is 1.39 bits per heavy atom. The summed E-state index contributed by atoms with van der Waals surface area (Å²) in [6.07, 6.45) is -4.71. The van der Waals surface area contributed by atoms with Crippen molar-refractivity contribution in [1.29, 1.82) is 0 Å². The Kier molecular flexibility index (Phi) is 7.05. The third kappa shape index (κ3) is 5.27. The van der Waals surface area contributed by atoms with Gasteiger partial charge in [-0.1, -0.05) is 6.92 Å². The van der Waals surface area contributed by atoms with Crippen LogP contribution in [0.4, 0.5) is 18.3 Å². The monoisotopic (exact) mass is 457 g/mol. The van der Waals surface area contributed by atoms with Gasteiger partial charge in [-0.2, -0.15) is 13.2 Å². The van der Waals surface area contributed by atoms with Crippen LogP contribution >= 0.6 is 11.3 Å². The van der Waals surface area contributed by atoms with Crippen molar-refractivity contribution in [2.24, 2.45) is 0 Å². The lowest BCUT2D eigenvalue weighted by Gasteiger charge is -2.35. The van der Waals surface area contributed by atoms with E-state index in [1.807, 2.05) is 24.1 Å². The van der Waals surface area contributed by atoms with Gasteiger partial charge in [0.15, 0.2) is 10.9 Å². The lowest BCUT2D eigenvalue weighted by atomic mass is 10.0. The number of Topliss-reactive ketones (excluding diaryl/α,β-unsaturated/α-hetero) is 1. The Hall–Kier alpha value is -2.40. The number of nitrogens with one attached hydrogen (secondary N) is 3. The van der Waals surface area contributed by atoms with Crippen LogP contribution in [0.15, 0.2) is 5.38 Å². The van der Waals surface area contributed by atoms with Gasteiger partial charge in [0.1, 0.15) is 11.7 Å². The number of aryl methyl sites for hydroxylation is 1. The van der Waals surface area contributed by atoms with Crippen LogP contribution in [0, 0.1) is 6.92 Å². The summed E-state index contributed by atoms with van der Waals surface area (Å²) in [6.45, 7) is 6.38. The molecule has 0 spiro atoms. The van der Waals surface area contributed by atoms with E-state index >= 15 is 0 Å². The highest BCUT2D eigenvalue weighted by molar-refractivity contribution is 7.14. The first-order chi connectivity index (χ1) is 14.6. The molecule has 1 aliphatic heterocycles. The second-order valence-corrected chi connectivity index (χ2v) is 8.31. The lowest BCUT2D eigenvalue weighted by molar-refractivity contribution is -0.135. The third-order valence-corrected chi connectivity index (χ3v) is 6.12. The summed E-state index contributed by atoms with van der Waals surface area (Å²) in [6, 6.07) is -0.648. The molecule has 170 valence electrons. The van der Waals surface area contributed by atoms with Gasteiger partial charge in [0.2, 0.25) is 5.91 Å². The molecule has 1 amide bonds. The van der Waals surface area contributed by atoms with Crippen LogP contribution < -0.4 is 15.5 Å². The molecule has 0 saturated carbocycles. The fourth-order valence-corrected chi connectivity index (χ4v) is 4.74. The van der Waals surface area contributed by atoms with E-state index < -0.39 is 31.1 Å². The molecule has 0 aromatic carbocycles. The number of aromatic nitrogens is 2. The topological polar surface area (TPSA) is 90.1 Å². The van der Waals surface area contributed by atoms with Gasteiger partial charge in [-0.15, -0.1) is 11.3 Å². The summed E-state index contributed by atoms with van der Waals surface area (Å²) in [7, 11) is 0. The van der Waals surface area contributed by atoms with Gasteiger partial charge >= 0.3 is 6.18 Å². The number of hydrogen-bond donors (Lipinski definition) is 3. The van der Waals surface area contributed by atoms with Crippen molar-refractivity contribution < 1.29 is 22.8 Å². The summed E-state index contributed by atoms with van der Waals surface area (Å²) in [5, 5.41) is 7.97. The molecule has 0 bridgehead atoms. The third-order valence-electron chi connectivity index (χ3n) is 5.24. The number of carbonyl (C=O) groups excluding carboxylic acids is 2. The molecule has 1 saturated heterocycles. The van der Waals surface area contributed by atoms with Crippen molar-refractivity contribution in [3.8, 4) is 11.4 Å². The number of H-pyrrole nitrogens is 1. The minimum absolute atomic E-state index is 0.00926. The molecule has 1 atom stereocenters. The molecule has 0 radical (unpaired) electrons. The van der Waals surface area contributed by atoms with Gasteiger partial charge in [0.25, 0.3) is 0 Å². The Morgan fingerprint density at radius 3 is 2.77 bits per heavy atom. The molecule has 2 aromatic rings. The zero-order chi connectivity index (χ0) is 22.8. The highest BCUT2D eigenvalue weighted by Crippen LogP contribution is 2.33. The maximum absolute atomic E-state index is 12.5. The van der Waals surface area contributed by atoms with E-state index in [2.05, 4.69) is 15.6 Å². The van der Waals surface area contributed by atoms with Gasteiger partial charge in [-0.05, 0) is 25.8 Å². The zero-order valence-corrected chi connectivity index (χ0v) is 18.5. The van der Waals surface area contributed by atoms with Crippen molar-refractivity contribution in [2.45, 2.75) is 45.8 Å². The van der Waals surface area contributed by atoms with Crippen LogP contribution in [0.3, 0.4) is 0 Å². The standard InChI is InChI=1S/C20H26F3N5O2S/c1-4-13-16(12(3)29)11(2)26-17(13)14-10-31-19(27-14)28-8-7-24-9-15(28)18(30)25-6-5-20(21,22)23/h10,15,24,26H,4-9H2,1-3H3,(H,25,30)/t15-/m1/s1. The molecule has 1 aliphatic rings. The molecule has 7 nitrogen and oxygen atoms in total. The summed E-state index contributed by atoms with van der Waals surface area (Å²) >= 11 is 1.36. The Morgan fingerprint density at radius 2 is 2.13 bits per heavy atom. The first kappa shape index (κ1) is 23.3. The summed E-state index contributed by atoms with van der Waals surface area (Å²) < 4.78 is 37.2. The van der Waals surface area contributed by atoms with E-state index in [1.165, 1.54) is 18.3 Å². The molecular weight excluding hydrogens is 431 g/mol. The number of piperazine rings is 1. The van der Waals surface area contributed by atoms with E-state index in [0.717, 1.165) is 17.0 Å². The molecule has 3 rings (SSSR count). The van der Waals surface area contributed by atoms with Crippen LogP contribution in [0.25, 0.3) is 11.4 Å². The predicted molar refractivity (Wildman–Crippen MR) is 114 cm³/mol. The summed E-state index contributed by atoms with van der Waals surface area (Å²) in [4.78, 5) is 34.4. The first-order valence-corrected chi connectivity index (χ1v) is 11.0. The normalized spacial score (nSPS) is 17.1. The number of anilines is 1. The van der Waals surface area contributed by atoms with Crippen LogP contribution in [-0.2, 0) is 11.2 Å². The molecule has 0 unspecified atom stereocenters. The van der Waals surface area contributed by atoms with E-state index in [1.54, 1.807) is 0 Å². The molecule has 0 aliphatic carbocycles. The van der Waals surface area contributed by atoms with Crippen molar-refractivity contribution in [1.82, 2.24) is 20.6 Å². The highest BCUT2D eigenvalue weighted by Gasteiger charge is 2.32. The van der Waals surface area contributed by atoms with Gasteiger partial charge in [0.05, 0.1) is 12.1 Å². The van der Waals surface area contributed by atoms with E-state index in [0.29, 0.717) is 42.4 Å². The minimum Gasteiger partial charge on any atom is -0.356 e. The molecule has 2 aromatic heterocycles. The molecule has 1 fully saturated rings. The number of nitrogens with zero attached hydrogens (tertiary/aromatic N) is 2. The quantitative estimate of drug-likeness (QED) is 0.556. The Bertz CT molecular complexity index is 953. The lowest BCUT2D eigenvalue weighted by Crippen LogP contribution is -2.58. The molecule has 3 heterocycles. The van der Waals surface area contributed by atoms with Crippen molar-refractivity contribution in [2.75, 3.05) is 31.1 Å². The number of amides is 1. The van der Waals surface area contributed by atoms with Crippen molar-refractivity contribution in [3.63, 3.8) is 0 Å². The predicted octanol–water partition coefficient (Wildman–Crippen LogP) is 3.06. The zero-order valence-electron chi connectivity index (χ0n) is 17.7. The number of alkyl halides is 3. The summed E-state index contributed by atoms with van der Waals surface area (Å²) in [5.74, 6) is -0.470. The van der Waals surface area contributed by atoms with E-state index in [9.17, 15) is 22.8 Å². The summed E-state index contributed by atoms with van der Waals surface area (Å²) in [5.41, 5.74) is 3.84. The highest BCUT2D eigenvalue weighted by atomic mass is 32.1. The number of ketones is 1. The fraction of sp³-hybridized carbons (Fsp3) is 0.550. The number of carbonyl (C=O) groups is 2. The number of aromatic amines is 1. The second-order valence-electron chi connectivity index (χ2n) is 7.47. The number of halogens is 3. The van der Waals surface area contributed by atoms with Crippen molar-refractivity contribution in [3.05, 3.63) is 22.2 Å². The average Bonchev–Trinajstić information content (AvgIpc) is 3.31. The van der Waals surface area contributed by atoms with Crippen LogP contribution in [-0.4, -0.2) is 60.1 Å². The average molecular weight is 458 g/mol. The van der Waals surface area contributed by atoms with Gasteiger partial charge in [-0.25, -0.2) is 4.98 Å². The van der Waals surface area contributed by atoms with E-state index in [4.69, 9.17) is 4.98 Å². The fourth-order valence-electron chi connectivity index (χ4n) is 3.85. The Balaban J connectivity index is 1.81. The maximum Gasteiger partial charge on any atom is 0.390 e. The van der Waals surface area contributed by atoms with Gasteiger partial charge in [0, 0.05) is 42.8 Å². The van der Waals surface area contributed by atoms with Crippen LogP contribution in [0.5, 0.6) is 0 Å². The maximum atomic E-state index is 12.5. The smallest absolute Gasteiger partial charge is 0.356 e. The molecule has 31 heavy (non-hydrogen) atoms. The minimum atomic E-state index is -4.31. The van der Waals surface area contributed by atoms with Gasteiger partial charge in [-0.3, -0.25) is 9.59 Å². The van der Waals surface area contributed by atoms with E-state index in [-0.39, 0.29) is 5.78 Å². The van der Waals surface area contributed by atoms with Crippen molar-refractivity contribution >= 4 is 28.2 Å². The number of thiazole rings is 1.